The number of rotatable bonds is 1. The molecule has 70 valence electrons. The van der Waals surface area contributed by atoms with Crippen LogP contribution in [0.5, 0.6) is 0 Å². The Morgan fingerprint density at radius 3 is 2.00 bits per heavy atom. The van der Waals surface area contributed by atoms with E-state index >= 15 is 0 Å². The van der Waals surface area contributed by atoms with Crippen molar-refractivity contribution in [1.82, 2.24) is 4.90 Å². The lowest BCUT2D eigenvalue weighted by molar-refractivity contribution is -0.0217. The smallest absolute Gasteiger partial charge is 0.0631 e. The summed E-state index contributed by atoms with van der Waals surface area (Å²) in [6.45, 7) is 5.51. The highest BCUT2D eigenvalue weighted by atomic mass is 15.3. The molecular weight excluding hydrogens is 148 g/mol. The first-order chi connectivity index (χ1) is 5.57. The van der Waals surface area contributed by atoms with Gasteiger partial charge in [0.1, 0.15) is 0 Å². The summed E-state index contributed by atoms with van der Waals surface area (Å²) < 4.78 is 0. The van der Waals surface area contributed by atoms with Gasteiger partial charge >= 0.3 is 0 Å². The Morgan fingerprint density at radius 2 is 1.75 bits per heavy atom. The van der Waals surface area contributed by atoms with Crippen LogP contribution in [0.1, 0.15) is 39.5 Å². The van der Waals surface area contributed by atoms with Gasteiger partial charge in [0.15, 0.2) is 0 Å². The van der Waals surface area contributed by atoms with Crippen molar-refractivity contribution in [2.45, 2.75) is 51.2 Å². The molecule has 1 saturated carbocycles. The van der Waals surface area contributed by atoms with E-state index in [1.54, 1.807) is 0 Å². The fourth-order valence-electron chi connectivity index (χ4n) is 2.77. The zero-order valence-electron chi connectivity index (χ0n) is 8.21. The lowest BCUT2D eigenvalue weighted by Crippen LogP contribution is -2.61. The monoisotopic (exact) mass is 168 g/mol. The zero-order chi connectivity index (χ0) is 8.77. The van der Waals surface area contributed by atoms with Gasteiger partial charge in [0.25, 0.3) is 0 Å². The Bertz CT molecular complexity index is 163. The van der Waals surface area contributed by atoms with Crippen molar-refractivity contribution in [2.24, 2.45) is 11.7 Å². The number of fused-ring (bicyclic) bond motifs is 3. The van der Waals surface area contributed by atoms with Crippen LogP contribution in [0.15, 0.2) is 0 Å². The zero-order valence-corrected chi connectivity index (χ0v) is 8.21. The number of hydrogen-bond acceptors (Lipinski definition) is 2. The van der Waals surface area contributed by atoms with E-state index in [0.717, 1.165) is 12.0 Å². The quantitative estimate of drug-likeness (QED) is 0.643. The van der Waals surface area contributed by atoms with Gasteiger partial charge in [-0.3, -0.25) is 4.90 Å². The molecule has 2 bridgehead atoms. The largest absolute Gasteiger partial charge is 0.314 e. The normalized spacial score (nSPS) is 37.2. The molecule has 0 spiro atoms. The van der Waals surface area contributed by atoms with Crippen LogP contribution in [-0.2, 0) is 0 Å². The van der Waals surface area contributed by atoms with Gasteiger partial charge in [0.05, 0.1) is 5.66 Å². The Morgan fingerprint density at radius 1 is 1.17 bits per heavy atom. The molecule has 3 rings (SSSR count). The number of piperidine rings is 2. The second-order valence-corrected chi connectivity index (χ2v) is 4.98. The topological polar surface area (TPSA) is 29.3 Å². The fourth-order valence-corrected chi connectivity index (χ4v) is 2.77. The minimum Gasteiger partial charge on any atom is -0.314 e. The lowest BCUT2D eigenvalue weighted by atomic mass is 9.79. The molecule has 0 atom stereocenters. The maximum absolute atomic E-state index is 6.12. The van der Waals surface area contributed by atoms with E-state index in [4.69, 9.17) is 5.73 Å². The highest BCUT2D eigenvalue weighted by molar-refractivity contribution is 4.92. The number of hydrogen-bond donors (Lipinski definition) is 1. The molecule has 0 aromatic carbocycles. The van der Waals surface area contributed by atoms with Gasteiger partial charge in [-0.1, -0.05) is 0 Å². The average Bonchev–Trinajstić information content (AvgIpc) is 2.05. The second-order valence-electron chi connectivity index (χ2n) is 4.98. The fraction of sp³-hybridized carbons (Fsp3) is 1.00. The van der Waals surface area contributed by atoms with E-state index in [1.165, 1.54) is 32.2 Å². The van der Waals surface area contributed by atoms with E-state index < -0.39 is 0 Å². The number of nitrogens with two attached hydrogens (primary N) is 1. The Balaban J connectivity index is 2.09. The molecule has 2 heterocycles. The third-order valence-corrected chi connectivity index (χ3v) is 3.45. The summed E-state index contributed by atoms with van der Waals surface area (Å²) in [7, 11) is 0. The van der Waals surface area contributed by atoms with Crippen LogP contribution in [0.25, 0.3) is 0 Å². The van der Waals surface area contributed by atoms with Crippen molar-refractivity contribution in [2.75, 3.05) is 6.54 Å². The Hall–Kier alpha value is -0.0800. The van der Waals surface area contributed by atoms with Gasteiger partial charge in [0, 0.05) is 12.6 Å². The van der Waals surface area contributed by atoms with E-state index in [9.17, 15) is 0 Å². The predicted octanol–water partition coefficient (Wildman–Crippen LogP) is 1.56. The summed E-state index contributed by atoms with van der Waals surface area (Å²) in [5, 5.41) is 0. The van der Waals surface area contributed by atoms with Gasteiger partial charge in [0.2, 0.25) is 0 Å². The van der Waals surface area contributed by atoms with Crippen LogP contribution in [0.4, 0.5) is 0 Å². The Kier molecular flexibility index (Phi) is 1.92. The molecule has 12 heavy (non-hydrogen) atoms. The van der Waals surface area contributed by atoms with Crippen molar-refractivity contribution < 1.29 is 0 Å². The standard InChI is InChI=1S/C10H20N2/c1-10(2,11)12-7-8-3-5-9(12)6-4-8/h8-9H,3-7,11H2,1-2H3. The molecule has 0 unspecified atom stereocenters. The molecule has 0 aromatic heterocycles. The second kappa shape index (κ2) is 2.71. The summed E-state index contributed by atoms with van der Waals surface area (Å²) in [5.74, 6) is 0.942. The van der Waals surface area contributed by atoms with Crippen LogP contribution in [0, 0.1) is 5.92 Å². The van der Waals surface area contributed by atoms with Gasteiger partial charge in [-0.15, -0.1) is 0 Å². The molecule has 3 aliphatic rings. The molecule has 2 nitrogen and oxygen atoms in total. The van der Waals surface area contributed by atoms with Gasteiger partial charge in [-0.05, 0) is 45.4 Å². The first-order valence-electron chi connectivity index (χ1n) is 5.13. The molecular formula is C10H20N2. The van der Waals surface area contributed by atoms with E-state index in [1.807, 2.05) is 0 Å². The van der Waals surface area contributed by atoms with E-state index in [0.29, 0.717) is 0 Å². The summed E-state index contributed by atoms with van der Waals surface area (Å²) in [4.78, 5) is 2.50. The highest BCUT2D eigenvalue weighted by Gasteiger charge is 2.38. The molecule has 0 amide bonds. The van der Waals surface area contributed by atoms with Crippen LogP contribution >= 0.6 is 0 Å². The van der Waals surface area contributed by atoms with Gasteiger partial charge in [-0.25, -0.2) is 0 Å². The summed E-state index contributed by atoms with van der Waals surface area (Å²) in [6.07, 6.45) is 5.64. The first kappa shape index (κ1) is 8.52. The first-order valence-corrected chi connectivity index (χ1v) is 5.13. The van der Waals surface area contributed by atoms with Crippen LogP contribution in [0.2, 0.25) is 0 Å². The summed E-state index contributed by atoms with van der Waals surface area (Å²) in [6, 6.07) is 0.787. The minimum absolute atomic E-state index is 0.0935. The van der Waals surface area contributed by atoms with E-state index in [-0.39, 0.29) is 5.66 Å². The van der Waals surface area contributed by atoms with Crippen molar-refractivity contribution in [3.63, 3.8) is 0 Å². The Labute approximate surface area is 75.1 Å². The van der Waals surface area contributed by atoms with Crippen molar-refractivity contribution >= 4 is 0 Å². The van der Waals surface area contributed by atoms with Crippen molar-refractivity contribution in [1.29, 1.82) is 0 Å². The lowest BCUT2D eigenvalue weighted by Gasteiger charge is -2.51. The molecule has 2 aliphatic heterocycles. The molecule has 2 saturated heterocycles. The maximum Gasteiger partial charge on any atom is 0.0631 e. The average molecular weight is 168 g/mol. The SMILES string of the molecule is CC(C)(N)N1CC2CCC1CC2. The molecule has 3 fully saturated rings. The van der Waals surface area contributed by atoms with Crippen LogP contribution < -0.4 is 5.73 Å². The molecule has 2 heteroatoms. The minimum atomic E-state index is -0.0935. The van der Waals surface area contributed by atoms with Gasteiger partial charge < -0.3 is 5.73 Å². The van der Waals surface area contributed by atoms with Crippen LogP contribution in [-0.4, -0.2) is 23.1 Å². The highest BCUT2D eigenvalue weighted by Crippen LogP contribution is 2.37. The summed E-state index contributed by atoms with van der Waals surface area (Å²) in [5.41, 5.74) is 6.03. The van der Waals surface area contributed by atoms with E-state index in [2.05, 4.69) is 18.7 Å². The number of nitrogens with zero attached hydrogens (tertiary/aromatic N) is 1. The molecule has 1 aliphatic carbocycles. The maximum atomic E-state index is 6.12. The molecule has 0 radical (unpaired) electrons. The van der Waals surface area contributed by atoms with Crippen molar-refractivity contribution in [3.8, 4) is 0 Å². The van der Waals surface area contributed by atoms with Crippen LogP contribution in [0.3, 0.4) is 0 Å². The summed E-state index contributed by atoms with van der Waals surface area (Å²) >= 11 is 0. The molecule has 2 N–H and O–H groups in total. The third kappa shape index (κ3) is 1.38. The van der Waals surface area contributed by atoms with Gasteiger partial charge in [-0.2, -0.15) is 0 Å². The van der Waals surface area contributed by atoms with Crippen molar-refractivity contribution in [3.05, 3.63) is 0 Å². The third-order valence-electron chi connectivity index (χ3n) is 3.45. The molecule has 0 aromatic rings. The predicted molar refractivity (Wildman–Crippen MR) is 50.7 cm³/mol.